The number of hydrogen-bond acceptors (Lipinski definition) is 3. The molecule has 116 valence electrons. The number of fused-ring (bicyclic) bond motifs is 1. The summed E-state index contributed by atoms with van der Waals surface area (Å²) in [4.78, 5) is 23.1. The summed E-state index contributed by atoms with van der Waals surface area (Å²) < 4.78 is 0. The molecule has 2 N–H and O–H groups in total. The van der Waals surface area contributed by atoms with Crippen molar-refractivity contribution in [1.82, 2.24) is 5.32 Å². The van der Waals surface area contributed by atoms with E-state index in [1.807, 2.05) is 48.7 Å². The lowest BCUT2D eigenvalue weighted by Gasteiger charge is -2.19. The average Bonchev–Trinajstić information content (AvgIpc) is 2.51. The SMILES string of the molecule is CSCCC(=O)N[C@H](CC(=O)O)c1cccc2ccccc12. The van der Waals surface area contributed by atoms with Crippen molar-refractivity contribution in [2.45, 2.75) is 18.9 Å². The smallest absolute Gasteiger partial charge is 0.305 e. The summed E-state index contributed by atoms with van der Waals surface area (Å²) >= 11 is 1.59. The van der Waals surface area contributed by atoms with Crippen molar-refractivity contribution in [2.24, 2.45) is 0 Å². The van der Waals surface area contributed by atoms with Crippen LogP contribution < -0.4 is 5.32 Å². The Kier molecular flexibility index (Phi) is 5.83. The molecule has 2 aromatic carbocycles. The lowest BCUT2D eigenvalue weighted by atomic mass is 9.96. The van der Waals surface area contributed by atoms with Gasteiger partial charge in [-0.2, -0.15) is 11.8 Å². The molecule has 0 fully saturated rings. The quantitative estimate of drug-likeness (QED) is 0.823. The van der Waals surface area contributed by atoms with Gasteiger partial charge in [0.15, 0.2) is 0 Å². The highest BCUT2D eigenvalue weighted by Crippen LogP contribution is 2.26. The molecule has 1 atom stereocenters. The molecule has 0 bridgehead atoms. The molecule has 0 heterocycles. The fraction of sp³-hybridized carbons (Fsp3) is 0.294. The number of nitrogens with one attached hydrogen (secondary N) is 1. The first-order chi connectivity index (χ1) is 10.6. The van der Waals surface area contributed by atoms with Crippen LogP contribution in [0, 0.1) is 0 Å². The lowest BCUT2D eigenvalue weighted by Crippen LogP contribution is -2.30. The summed E-state index contributed by atoms with van der Waals surface area (Å²) in [5, 5.41) is 14.0. The fourth-order valence-corrected chi connectivity index (χ4v) is 2.82. The molecular weight excluding hydrogens is 298 g/mol. The molecule has 0 aromatic heterocycles. The number of amides is 1. The van der Waals surface area contributed by atoms with Crippen LogP contribution in [0.2, 0.25) is 0 Å². The summed E-state index contributed by atoms with van der Waals surface area (Å²) in [6, 6.07) is 13.0. The van der Waals surface area contributed by atoms with Gasteiger partial charge in [0.05, 0.1) is 12.5 Å². The standard InChI is InChI=1S/C17H19NO3S/c1-22-10-9-16(19)18-15(11-17(20)21)14-8-4-6-12-5-2-3-7-13(12)14/h2-8,15H,9-11H2,1H3,(H,18,19)(H,20,21)/t15-/m1/s1. The van der Waals surface area contributed by atoms with Crippen LogP contribution in [0.5, 0.6) is 0 Å². The van der Waals surface area contributed by atoms with E-state index in [0.29, 0.717) is 6.42 Å². The van der Waals surface area contributed by atoms with Gasteiger partial charge in [0.2, 0.25) is 5.91 Å². The van der Waals surface area contributed by atoms with Gasteiger partial charge in [-0.1, -0.05) is 42.5 Å². The zero-order valence-corrected chi connectivity index (χ0v) is 13.2. The molecule has 2 rings (SSSR count). The Morgan fingerprint density at radius 1 is 1.18 bits per heavy atom. The summed E-state index contributed by atoms with van der Waals surface area (Å²) in [5.41, 5.74) is 0.845. The van der Waals surface area contributed by atoms with Crippen molar-refractivity contribution in [2.75, 3.05) is 12.0 Å². The number of thioether (sulfide) groups is 1. The van der Waals surface area contributed by atoms with Gasteiger partial charge in [0.25, 0.3) is 0 Å². The van der Waals surface area contributed by atoms with Crippen LogP contribution in [0.3, 0.4) is 0 Å². The summed E-state index contributed by atoms with van der Waals surface area (Å²) in [6.45, 7) is 0. The summed E-state index contributed by atoms with van der Waals surface area (Å²) in [6.07, 6.45) is 2.20. The highest BCUT2D eigenvalue weighted by Gasteiger charge is 2.19. The zero-order chi connectivity index (χ0) is 15.9. The third kappa shape index (κ3) is 4.24. The maximum Gasteiger partial charge on any atom is 0.305 e. The number of hydrogen-bond donors (Lipinski definition) is 2. The van der Waals surface area contributed by atoms with E-state index in [0.717, 1.165) is 22.1 Å². The van der Waals surface area contributed by atoms with Gasteiger partial charge in [0, 0.05) is 12.2 Å². The molecule has 0 aliphatic rings. The van der Waals surface area contributed by atoms with E-state index in [4.69, 9.17) is 5.11 Å². The second kappa shape index (κ2) is 7.84. The Bertz CT molecular complexity index is 667. The monoisotopic (exact) mass is 317 g/mol. The van der Waals surface area contributed by atoms with Gasteiger partial charge in [-0.25, -0.2) is 0 Å². The van der Waals surface area contributed by atoms with Crippen molar-refractivity contribution < 1.29 is 14.7 Å². The minimum atomic E-state index is -0.928. The van der Waals surface area contributed by atoms with Crippen LogP contribution in [0.25, 0.3) is 10.8 Å². The molecule has 22 heavy (non-hydrogen) atoms. The largest absolute Gasteiger partial charge is 0.481 e. The molecule has 0 radical (unpaired) electrons. The van der Waals surface area contributed by atoms with Crippen molar-refractivity contribution in [3.05, 3.63) is 48.0 Å². The van der Waals surface area contributed by atoms with Crippen LogP contribution in [-0.4, -0.2) is 29.0 Å². The molecule has 2 aromatic rings. The number of aliphatic carboxylic acids is 1. The maximum atomic E-state index is 12.0. The summed E-state index contributed by atoms with van der Waals surface area (Å²) in [7, 11) is 0. The molecule has 0 saturated carbocycles. The molecule has 1 amide bonds. The third-order valence-corrected chi connectivity index (χ3v) is 4.06. The number of benzene rings is 2. The number of rotatable bonds is 7. The van der Waals surface area contributed by atoms with E-state index >= 15 is 0 Å². The Morgan fingerprint density at radius 2 is 1.91 bits per heavy atom. The van der Waals surface area contributed by atoms with Gasteiger partial charge < -0.3 is 10.4 Å². The molecule has 0 spiro atoms. The lowest BCUT2D eigenvalue weighted by molar-refractivity contribution is -0.137. The number of carbonyl (C=O) groups is 2. The second-order valence-electron chi connectivity index (χ2n) is 5.03. The van der Waals surface area contributed by atoms with E-state index in [1.165, 1.54) is 0 Å². The van der Waals surface area contributed by atoms with E-state index in [9.17, 15) is 9.59 Å². The minimum absolute atomic E-state index is 0.117. The Morgan fingerprint density at radius 3 is 2.64 bits per heavy atom. The molecular formula is C17H19NO3S. The van der Waals surface area contributed by atoms with Crippen LogP contribution in [0.15, 0.2) is 42.5 Å². The Labute approximate surface area is 133 Å². The van der Waals surface area contributed by atoms with Gasteiger partial charge in [-0.3, -0.25) is 9.59 Å². The molecule has 0 aliphatic heterocycles. The highest BCUT2D eigenvalue weighted by molar-refractivity contribution is 7.98. The Hall–Kier alpha value is -2.01. The first-order valence-electron chi connectivity index (χ1n) is 7.09. The van der Waals surface area contributed by atoms with Crippen LogP contribution >= 0.6 is 11.8 Å². The van der Waals surface area contributed by atoms with Gasteiger partial charge >= 0.3 is 5.97 Å². The molecule has 0 saturated heterocycles. The fourth-order valence-electron chi connectivity index (χ4n) is 2.43. The van der Waals surface area contributed by atoms with Gasteiger partial charge in [0.1, 0.15) is 0 Å². The van der Waals surface area contributed by atoms with Crippen molar-refractivity contribution in [3.8, 4) is 0 Å². The minimum Gasteiger partial charge on any atom is -0.481 e. The van der Waals surface area contributed by atoms with E-state index in [1.54, 1.807) is 11.8 Å². The van der Waals surface area contributed by atoms with Gasteiger partial charge in [-0.05, 0) is 22.6 Å². The van der Waals surface area contributed by atoms with Crippen molar-refractivity contribution >= 4 is 34.4 Å². The normalized spacial score (nSPS) is 12.0. The maximum absolute atomic E-state index is 12.0. The topological polar surface area (TPSA) is 66.4 Å². The third-order valence-electron chi connectivity index (χ3n) is 3.45. The van der Waals surface area contributed by atoms with Gasteiger partial charge in [-0.15, -0.1) is 0 Å². The van der Waals surface area contributed by atoms with E-state index < -0.39 is 12.0 Å². The number of carbonyl (C=O) groups excluding carboxylic acids is 1. The predicted molar refractivity (Wildman–Crippen MR) is 90.1 cm³/mol. The second-order valence-corrected chi connectivity index (χ2v) is 6.01. The van der Waals surface area contributed by atoms with Crippen LogP contribution in [-0.2, 0) is 9.59 Å². The molecule has 5 heteroatoms. The van der Waals surface area contributed by atoms with E-state index in [-0.39, 0.29) is 12.3 Å². The molecule has 0 aliphatic carbocycles. The van der Waals surface area contributed by atoms with E-state index in [2.05, 4.69) is 5.32 Å². The predicted octanol–water partition coefficient (Wildman–Crippen LogP) is 3.22. The number of carboxylic acids is 1. The highest BCUT2D eigenvalue weighted by atomic mass is 32.2. The zero-order valence-electron chi connectivity index (χ0n) is 12.4. The first kappa shape index (κ1) is 16.4. The van der Waals surface area contributed by atoms with Crippen molar-refractivity contribution in [1.29, 1.82) is 0 Å². The van der Waals surface area contributed by atoms with Crippen LogP contribution in [0.4, 0.5) is 0 Å². The van der Waals surface area contributed by atoms with Crippen LogP contribution in [0.1, 0.15) is 24.4 Å². The van der Waals surface area contributed by atoms with Crippen molar-refractivity contribution in [3.63, 3.8) is 0 Å². The molecule has 4 nitrogen and oxygen atoms in total. The Balaban J connectivity index is 2.31. The first-order valence-corrected chi connectivity index (χ1v) is 8.49. The number of carboxylic acid groups (broad SMARTS) is 1. The molecule has 0 unspecified atom stereocenters. The summed E-state index contributed by atoms with van der Waals surface area (Å²) in [5.74, 6) is -0.321. The average molecular weight is 317 g/mol.